The average molecular weight is 332 g/mol. The normalized spacial score (nSPS) is 10.2. The Morgan fingerprint density at radius 3 is 2.82 bits per heavy atom. The van der Waals surface area contributed by atoms with E-state index < -0.39 is 0 Å². The summed E-state index contributed by atoms with van der Waals surface area (Å²) < 4.78 is 7.17. The van der Waals surface area contributed by atoms with Gasteiger partial charge in [-0.1, -0.05) is 27.5 Å². The first kappa shape index (κ1) is 12.6. The summed E-state index contributed by atoms with van der Waals surface area (Å²) in [7, 11) is 0. The predicted molar refractivity (Wildman–Crippen MR) is 73.2 cm³/mol. The van der Waals surface area contributed by atoms with E-state index in [1.807, 2.05) is 18.2 Å². The summed E-state index contributed by atoms with van der Waals surface area (Å²) in [4.78, 5) is 11.9. The fourth-order valence-electron chi connectivity index (χ4n) is 1.32. The standard InChI is InChI=1S/C12H8BrClO2S/c13-9-1-3-11(8(5-9)6-15)16-7-10-2-4-12(14)17-10/h1-6H,7H2. The molecule has 0 fully saturated rings. The summed E-state index contributed by atoms with van der Waals surface area (Å²) in [6.07, 6.45) is 0.779. The van der Waals surface area contributed by atoms with Gasteiger partial charge in [0, 0.05) is 9.35 Å². The van der Waals surface area contributed by atoms with Crippen molar-refractivity contribution in [1.29, 1.82) is 0 Å². The first-order chi connectivity index (χ1) is 8.19. The quantitative estimate of drug-likeness (QED) is 0.768. The van der Waals surface area contributed by atoms with Gasteiger partial charge in [-0.2, -0.15) is 0 Å². The molecule has 0 N–H and O–H groups in total. The number of benzene rings is 1. The third-order valence-electron chi connectivity index (χ3n) is 2.10. The number of hydrogen-bond donors (Lipinski definition) is 0. The third kappa shape index (κ3) is 3.31. The molecule has 0 spiro atoms. The zero-order valence-corrected chi connectivity index (χ0v) is 11.8. The molecule has 0 aliphatic rings. The molecule has 0 bridgehead atoms. The van der Waals surface area contributed by atoms with Crippen LogP contribution in [-0.2, 0) is 6.61 Å². The smallest absolute Gasteiger partial charge is 0.153 e. The number of carbonyl (C=O) groups is 1. The van der Waals surface area contributed by atoms with Crippen LogP contribution < -0.4 is 4.74 Å². The summed E-state index contributed by atoms with van der Waals surface area (Å²) in [5.74, 6) is 0.577. The van der Waals surface area contributed by atoms with Gasteiger partial charge >= 0.3 is 0 Å². The molecule has 2 aromatic rings. The molecule has 17 heavy (non-hydrogen) atoms. The molecule has 88 valence electrons. The summed E-state index contributed by atoms with van der Waals surface area (Å²) in [5.41, 5.74) is 0.530. The molecule has 2 nitrogen and oxygen atoms in total. The lowest BCUT2D eigenvalue weighted by atomic mass is 10.2. The Morgan fingerprint density at radius 2 is 2.18 bits per heavy atom. The van der Waals surface area contributed by atoms with Crippen molar-refractivity contribution in [2.45, 2.75) is 6.61 Å². The first-order valence-electron chi connectivity index (χ1n) is 4.81. The van der Waals surface area contributed by atoms with Crippen molar-refractivity contribution in [2.75, 3.05) is 0 Å². The Labute approximate surface area is 116 Å². The minimum absolute atomic E-state index is 0.417. The van der Waals surface area contributed by atoms with Gasteiger partial charge in [0.25, 0.3) is 0 Å². The summed E-state index contributed by atoms with van der Waals surface area (Å²) >= 11 is 10.6. The minimum Gasteiger partial charge on any atom is -0.487 e. The van der Waals surface area contributed by atoms with Gasteiger partial charge in [0.05, 0.1) is 9.90 Å². The molecule has 2 rings (SSSR count). The number of thiophene rings is 1. The Bertz CT molecular complexity index is 539. The van der Waals surface area contributed by atoms with E-state index in [1.54, 1.807) is 12.1 Å². The van der Waals surface area contributed by atoms with E-state index in [0.29, 0.717) is 17.9 Å². The molecular formula is C12H8BrClO2S. The molecule has 0 amide bonds. The number of ether oxygens (including phenoxy) is 1. The highest BCUT2D eigenvalue weighted by atomic mass is 79.9. The largest absolute Gasteiger partial charge is 0.487 e. The van der Waals surface area contributed by atoms with E-state index in [1.165, 1.54) is 11.3 Å². The summed E-state index contributed by atoms with van der Waals surface area (Å²) in [6.45, 7) is 0.417. The van der Waals surface area contributed by atoms with E-state index in [0.717, 1.165) is 20.0 Å². The zero-order chi connectivity index (χ0) is 12.3. The molecule has 0 radical (unpaired) electrons. The Balaban J connectivity index is 2.11. The molecule has 1 heterocycles. The lowest BCUT2D eigenvalue weighted by molar-refractivity contribution is 0.111. The van der Waals surface area contributed by atoms with Crippen LogP contribution in [0.3, 0.4) is 0 Å². The second-order valence-electron chi connectivity index (χ2n) is 3.29. The molecule has 0 saturated heterocycles. The van der Waals surface area contributed by atoms with Crippen LogP contribution in [0, 0.1) is 0 Å². The first-order valence-corrected chi connectivity index (χ1v) is 6.79. The van der Waals surface area contributed by atoms with Crippen LogP contribution in [0.4, 0.5) is 0 Å². The van der Waals surface area contributed by atoms with Crippen LogP contribution in [0.2, 0.25) is 4.34 Å². The van der Waals surface area contributed by atoms with Crippen molar-refractivity contribution in [3.8, 4) is 5.75 Å². The molecule has 0 saturated carbocycles. The molecule has 1 aromatic heterocycles. The van der Waals surface area contributed by atoms with Crippen molar-refractivity contribution in [2.24, 2.45) is 0 Å². The fourth-order valence-corrected chi connectivity index (χ4v) is 2.70. The molecule has 0 aliphatic heterocycles. The van der Waals surface area contributed by atoms with E-state index >= 15 is 0 Å². The third-order valence-corrected chi connectivity index (χ3v) is 3.80. The highest BCUT2D eigenvalue weighted by Gasteiger charge is 2.05. The predicted octanol–water partition coefficient (Wildman–Crippen LogP) is 4.56. The van der Waals surface area contributed by atoms with Crippen molar-refractivity contribution >= 4 is 45.2 Å². The van der Waals surface area contributed by atoms with Gasteiger partial charge in [0.2, 0.25) is 0 Å². The molecule has 1 aromatic carbocycles. The van der Waals surface area contributed by atoms with Gasteiger partial charge in [0.1, 0.15) is 12.4 Å². The number of aldehydes is 1. The highest BCUT2D eigenvalue weighted by Crippen LogP contribution is 2.25. The Kier molecular flexibility index (Phi) is 4.20. The summed E-state index contributed by atoms with van der Waals surface area (Å²) in [6, 6.07) is 9.07. The van der Waals surface area contributed by atoms with Crippen molar-refractivity contribution < 1.29 is 9.53 Å². The van der Waals surface area contributed by atoms with E-state index in [4.69, 9.17) is 16.3 Å². The van der Waals surface area contributed by atoms with Gasteiger partial charge in [-0.05, 0) is 30.3 Å². The van der Waals surface area contributed by atoms with Crippen molar-refractivity contribution in [1.82, 2.24) is 0 Å². The van der Waals surface area contributed by atoms with Crippen LogP contribution in [0.25, 0.3) is 0 Å². The molecule has 0 aliphatic carbocycles. The number of halogens is 2. The van der Waals surface area contributed by atoms with Crippen LogP contribution in [0.5, 0.6) is 5.75 Å². The van der Waals surface area contributed by atoms with Gasteiger partial charge in [0.15, 0.2) is 6.29 Å². The second-order valence-corrected chi connectivity index (χ2v) is 6.01. The van der Waals surface area contributed by atoms with E-state index in [-0.39, 0.29) is 0 Å². The van der Waals surface area contributed by atoms with Crippen molar-refractivity contribution in [3.63, 3.8) is 0 Å². The molecule has 5 heteroatoms. The maximum atomic E-state index is 10.9. The zero-order valence-electron chi connectivity index (χ0n) is 8.65. The average Bonchev–Trinajstić information content (AvgIpc) is 2.73. The van der Waals surface area contributed by atoms with E-state index in [2.05, 4.69) is 15.9 Å². The summed E-state index contributed by atoms with van der Waals surface area (Å²) in [5, 5.41) is 0. The fraction of sp³-hybridized carbons (Fsp3) is 0.0833. The number of rotatable bonds is 4. The second kappa shape index (κ2) is 5.67. The minimum atomic E-state index is 0.417. The number of carbonyl (C=O) groups excluding carboxylic acids is 1. The van der Waals surface area contributed by atoms with E-state index in [9.17, 15) is 4.79 Å². The molecule has 0 atom stereocenters. The van der Waals surface area contributed by atoms with Crippen LogP contribution in [0.1, 0.15) is 15.2 Å². The lowest BCUT2D eigenvalue weighted by Crippen LogP contribution is -1.96. The van der Waals surface area contributed by atoms with Crippen LogP contribution in [0.15, 0.2) is 34.8 Å². The number of hydrogen-bond acceptors (Lipinski definition) is 3. The van der Waals surface area contributed by atoms with Crippen molar-refractivity contribution in [3.05, 3.63) is 49.6 Å². The maximum absolute atomic E-state index is 10.9. The van der Waals surface area contributed by atoms with Crippen LogP contribution in [-0.4, -0.2) is 6.29 Å². The van der Waals surface area contributed by atoms with Gasteiger partial charge in [-0.3, -0.25) is 4.79 Å². The molecular weight excluding hydrogens is 324 g/mol. The highest BCUT2D eigenvalue weighted by molar-refractivity contribution is 9.10. The van der Waals surface area contributed by atoms with Gasteiger partial charge in [-0.15, -0.1) is 11.3 Å². The topological polar surface area (TPSA) is 26.3 Å². The Hall–Kier alpha value is -0.840. The van der Waals surface area contributed by atoms with Gasteiger partial charge in [-0.25, -0.2) is 0 Å². The van der Waals surface area contributed by atoms with Gasteiger partial charge < -0.3 is 4.74 Å². The lowest BCUT2D eigenvalue weighted by Gasteiger charge is -2.07. The van der Waals surface area contributed by atoms with Crippen LogP contribution >= 0.6 is 38.9 Å². The Morgan fingerprint density at radius 1 is 1.35 bits per heavy atom. The monoisotopic (exact) mass is 330 g/mol. The molecule has 0 unspecified atom stereocenters. The SMILES string of the molecule is O=Cc1cc(Br)ccc1OCc1ccc(Cl)s1. The maximum Gasteiger partial charge on any atom is 0.153 e.